The molecule has 13 heavy (non-hydrogen) atoms. The van der Waals surface area contributed by atoms with E-state index in [0.29, 0.717) is 16.0 Å². The van der Waals surface area contributed by atoms with E-state index in [1.54, 1.807) is 18.2 Å². The molecule has 1 aromatic carbocycles. The molecule has 1 aromatic rings. The van der Waals surface area contributed by atoms with Crippen molar-refractivity contribution in [3.8, 4) is 6.07 Å². The van der Waals surface area contributed by atoms with Gasteiger partial charge in [-0.2, -0.15) is 5.26 Å². The first kappa shape index (κ1) is 9.62. The fourth-order valence-electron chi connectivity index (χ4n) is 0.987. The average molecular weight is 193 g/mol. The van der Waals surface area contributed by atoms with Gasteiger partial charge in [-0.25, -0.2) is 0 Å². The summed E-state index contributed by atoms with van der Waals surface area (Å²) in [5, 5.41) is 17.2. The molecule has 0 atom stereocenters. The van der Waals surface area contributed by atoms with Crippen LogP contribution in [0, 0.1) is 11.3 Å². The second-order valence-electron chi connectivity index (χ2n) is 2.50. The number of thiol groups is 1. The van der Waals surface area contributed by atoms with Gasteiger partial charge in [0.1, 0.15) is 6.07 Å². The smallest absolute Gasteiger partial charge is 0.307 e. The Morgan fingerprint density at radius 1 is 1.62 bits per heavy atom. The summed E-state index contributed by atoms with van der Waals surface area (Å²) in [6, 6.07) is 6.84. The van der Waals surface area contributed by atoms with Gasteiger partial charge in [-0.1, -0.05) is 12.1 Å². The average Bonchev–Trinajstić information content (AvgIpc) is 2.08. The summed E-state index contributed by atoms with van der Waals surface area (Å²) < 4.78 is 0. The second-order valence-corrected chi connectivity index (χ2v) is 2.94. The quantitative estimate of drug-likeness (QED) is 0.699. The Hall–Kier alpha value is -1.47. The zero-order valence-electron chi connectivity index (χ0n) is 6.69. The molecule has 0 aliphatic rings. The van der Waals surface area contributed by atoms with Gasteiger partial charge in [0.05, 0.1) is 12.0 Å². The van der Waals surface area contributed by atoms with Crippen LogP contribution in [0.1, 0.15) is 11.1 Å². The molecule has 0 radical (unpaired) electrons. The van der Waals surface area contributed by atoms with Crippen LogP contribution in [0.2, 0.25) is 0 Å². The van der Waals surface area contributed by atoms with Gasteiger partial charge in [-0.15, -0.1) is 12.6 Å². The highest BCUT2D eigenvalue weighted by Crippen LogP contribution is 2.18. The van der Waals surface area contributed by atoms with E-state index in [4.69, 9.17) is 10.4 Å². The maximum absolute atomic E-state index is 10.4. The number of carboxylic acids is 1. The topological polar surface area (TPSA) is 61.1 Å². The van der Waals surface area contributed by atoms with Crippen molar-refractivity contribution in [3.63, 3.8) is 0 Å². The lowest BCUT2D eigenvalue weighted by atomic mass is 10.1. The molecule has 0 amide bonds. The summed E-state index contributed by atoms with van der Waals surface area (Å²) in [5.41, 5.74) is 0.969. The minimum absolute atomic E-state index is 0.103. The van der Waals surface area contributed by atoms with Gasteiger partial charge >= 0.3 is 5.97 Å². The molecule has 0 saturated carbocycles. The van der Waals surface area contributed by atoms with Crippen molar-refractivity contribution >= 4 is 18.6 Å². The van der Waals surface area contributed by atoms with E-state index in [-0.39, 0.29) is 6.42 Å². The second kappa shape index (κ2) is 3.97. The van der Waals surface area contributed by atoms with Crippen molar-refractivity contribution in [2.24, 2.45) is 0 Å². The summed E-state index contributed by atoms with van der Waals surface area (Å²) in [6.45, 7) is 0. The first-order valence-electron chi connectivity index (χ1n) is 3.58. The highest BCUT2D eigenvalue weighted by Gasteiger charge is 2.07. The Kier molecular flexibility index (Phi) is 2.93. The van der Waals surface area contributed by atoms with Gasteiger partial charge in [0.25, 0.3) is 0 Å². The van der Waals surface area contributed by atoms with Crippen LogP contribution >= 0.6 is 12.6 Å². The van der Waals surface area contributed by atoms with Gasteiger partial charge in [-0.05, 0) is 11.6 Å². The lowest BCUT2D eigenvalue weighted by molar-refractivity contribution is -0.136. The van der Waals surface area contributed by atoms with Gasteiger partial charge in [-0.3, -0.25) is 4.79 Å². The van der Waals surface area contributed by atoms with Crippen LogP contribution in [0.5, 0.6) is 0 Å². The van der Waals surface area contributed by atoms with Gasteiger partial charge < -0.3 is 5.11 Å². The van der Waals surface area contributed by atoms with Gasteiger partial charge in [0.2, 0.25) is 0 Å². The number of rotatable bonds is 2. The molecular formula is C9H7NO2S. The number of aliphatic carboxylic acids is 1. The molecule has 0 saturated heterocycles. The van der Waals surface area contributed by atoms with Crippen LogP contribution in [-0.4, -0.2) is 11.1 Å². The number of carbonyl (C=O) groups is 1. The van der Waals surface area contributed by atoms with Crippen molar-refractivity contribution in [3.05, 3.63) is 29.3 Å². The predicted molar refractivity (Wildman–Crippen MR) is 49.7 cm³/mol. The number of carboxylic acid groups (broad SMARTS) is 1. The maximum atomic E-state index is 10.4. The summed E-state index contributed by atoms with van der Waals surface area (Å²) in [7, 11) is 0. The van der Waals surface area contributed by atoms with E-state index < -0.39 is 5.97 Å². The molecule has 1 N–H and O–H groups in total. The summed E-state index contributed by atoms with van der Waals surface area (Å²) in [6.07, 6.45) is -0.103. The molecule has 3 nitrogen and oxygen atoms in total. The highest BCUT2D eigenvalue weighted by atomic mass is 32.1. The van der Waals surface area contributed by atoms with E-state index >= 15 is 0 Å². The Morgan fingerprint density at radius 2 is 2.31 bits per heavy atom. The molecular weight excluding hydrogens is 186 g/mol. The molecule has 0 aliphatic heterocycles. The number of hydrogen-bond acceptors (Lipinski definition) is 3. The van der Waals surface area contributed by atoms with Crippen LogP contribution in [-0.2, 0) is 11.2 Å². The molecule has 4 heteroatoms. The lowest BCUT2D eigenvalue weighted by Crippen LogP contribution is -2.01. The fraction of sp³-hybridized carbons (Fsp3) is 0.111. The molecule has 1 rings (SSSR count). The third kappa shape index (κ3) is 2.23. The molecule has 0 aliphatic carbocycles. The molecule has 0 fully saturated rings. The van der Waals surface area contributed by atoms with E-state index in [1.165, 1.54) is 0 Å². The highest BCUT2D eigenvalue weighted by molar-refractivity contribution is 7.80. The van der Waals surface area contributed by atoms with E-state index in [2.05, 4.69) is 12.6 Å². The Morgan fingerprint density at radius 3 is 2.85 bits per heavy atom. The number of hydrogen-bond donors (Lipinski definition) is 2. The number of nitrogens with zero attached hydrogens (tertiary/aromatic N) is 1. The molecule has 66 valence electrons. The maximum Gasteiger partial charge on any atom is 0.307 e. The lowest BCUT2D eigenvalue weighted by Gasteiger charge is -2.02. The van der Waals surface area contributed by atoms with Crippen molar-refractivity contribution in [1.82, 2.24) is 0 Å². The van der Waals surface area contributed by atoms with Crippen LogP contribution in [0.3, 0.4) is 0 Å². The molecule has 0 heterocycles. The van der Waals surface area contributed by atoms with Crippen LogP contribution in [0.4, 0.5) is 0 Å². The summed E-state index contributed by atoms with van der Waals surface area (Å²) >= 11 is 4.08. The van der Waals surface area contributed by atoms with Gasteiger partial charge in [0.15, 0.2) is 0 Å². The van der Waals surface area contributed by atoms with Gasteiger partial charge in [0, 0.05) is 4.90 Å². The van der Waals surface area contributed by atoms with Crippen LogP contribution < -0.4 is 0 Å². The first-order valence-corrected chi connectivity index (χ1v) is 4.02. The van der Waals surface area contributed by atoms with Crippen LogP contribution in [0.15, 0.2) is 23.1 Å². The van der Waals surface area contributed by atoms with E-state index in [9.17, 15) is 4.79 Å². The minimum atomic E-state index is -0.926. The molecule has 0 aromatic heterocycles. The van der Waals surface area contributed by atoms with E-state index in [1.807, 2.05) is 6.07 Å². The largest absolute Gasteiger partial charge is 0.481 e. The van der Waals surface area contributed by atoms with Crippen molar-refractivity contribution < 1.29 is 9.90 Å². The molecule has 0 unspecified atom stereocenters. The standard InChI is InChI=1S/C9H7NO2S/c10-5-7-3-1-2-6(9(7)13)4-8(11)12/h1-3,13H,4H2,(H,11,12). The van der Waals surface area contributed by atoms with Crippen molar-refractivity contribution in [1.29, 1.82) is 5.26 Å². The number of nitriles is 1. The molecule has 0 spiro atoms. The summed E-state index contributed by atoms with van der Waals surface area (Å²) in [4.78, 5) is 10.9. The normalized spacial score (nSPS) is 9.23. The first-order chi connectivity index (χ1) is 6.15. The third-order valence-electron chi connectivity index (χ3n) is 1.58. The Balaban J connectivity index is 3.10. The van der Waals surface area contributed by atoms with Crippen LogP contribution in [0.25, 0.3) is 0 Å². The zero-order valence-corrected chi connectivity index (χ0v) is 7.58. The monoisotopic (exact) mass is 193 g/mol. The zero-order chi connectivity index (χ0) is 9.84. The van der Waals surface area contributed by atoms with Crippen molar-refractivity contribution in [2.75, 3.05) is 0 Å². The molecule has 0 bridgehead atoms. The third-order valence-corrected chi connectivity index (χ3v) is 2.11. The summed E-state index contributed by atoms with van der Waals surface area (Å²) in [5.74, 6) is -0.926. The van der Waals surface area contributed by atoms with E-state index in [0.717, 1.165) is 0 Å². The fourth-order valence-corrected chi connectivity index (χ4v) is 1.27. The minimum Gasteiger partial charge on any atom is -0.481 e. The predicted octanol–water partition coefficient (Wildman–Crippen LogP) is 1.47. The SMILES string of the molecule is N#Cc1cccc(CC(=O)O)c1S. The Labute approximate surface area is 81.0 Å². The van der Waals surface area contributed by atoms with Crippen molar-refractivity contribution in [2.45, 2.75) is 11.3 Å². The Bertz CT molecular complexity index is 382. The number of benzene rings is 1.